The maximum atomic E-state index is 11.8. The highest BCUT2D eigenvalue weighted by Crippen LogP contribution is 2.17. The van der Waals surface area contributed by atoms with Gasteiger partial charge in [0, 0.05) is 12.1 Å². The number of hydrogen-bond donors (Lipinski definition) is 1. The highest BCUT2D eigenvalue weighted by Gasteiger charge is 2.15. The van der Waals surface area contributed by atoms with Gasteiger partial charge < -0.3 is 10.5 Å². The SMILES string of the molecule is CCC(C)CS(=O)(=O)CCOc1ccccc1CN. The van der Waals surface area contributed by atoms with Crippen LogP contribution >= 0.6 is 0 Å². The first-order valence-electron chi connectivity index (χ1n) is 6.59. The summed E-state index contributed by atoms with van der Waals surface area (Å²) in [4.78, 5) is 0. The number of para-hydroxylation sites is 1. The van der Waals surface area contributed by atoms with Gasteiger partial charge in [0.05, 0.1) is 11.5 Å². The van der Waals surface area contributed by atoms with Gasteiger partial charge in [-0.05, 0) is 12.0 Å². The summed E-state index contributed by atoms with van der Waals surface area (Å²) < 4.78 is 29.2. The molecule has 1 rings (SSSR count). The zero-order valence-electron chi connectivity index (χ0n) is 11.6. The Labute approximate surface area is 115 Å². The molecule has 0 fully saturated rings. The van der Waals surface area contributed by atoms with Crippen molar-refractivity contribution in [2.75, 3.05) is 18.1 Å². The smallest absolute Gasteiger partial charge is 0.153 e. The van der Waals surface area contributed by atoms with Gasteiger partial charge in [-0.2, -0.15) is 0 Å². The normalized spacial score (nSPS) is 13.2. The predicted octanol–water partition coefficient (Wildman–Crippen LogP) is 1.98. The minimum atomic E-state index is -3.04. The van der Waals surface area contributed by atoms with Crippen LogP contribution in [0.2, 0.25) is 0 Å². The number of sulfone groups is 1. The fourth-order valence-electron chi connectivity index (χ4n) is 1.73. The van der Waals surface area contributed by atoms with Gasteiger partial charge in [-0.3, -0.25) is 0 Å². The van der Waals surface area contributed by atoms with Crippen molar-refractivity contribution < 1.29 is 13.2 Å². The fourth-order valence-corrected chi connectivity index (χ4v) is 3.33. The molecule has 0 saturated heterocycles. The van der Waals surface area contributed by atoms with E-state index in [0.29, 0.717) is 12.3 Å². The van der Waals surface area contributed by atoms with Crippen LogP contribution in [0.3, 0.4) is 0 Å². The molecule has 1 aromatic carbocycles. The van der Waals surface area contributed by atoms with Gasteiger partial charge in [-0.15, -0.1) is 0 Å². The summed E-state index contributed by atoms with van der Waals surface area (Å²) in [7, 11) is -3.04. The van der Waals surface area contributed by atoms with Crippen molar-refractivity contribution in [3.05, 3.63) is 29.8 Å². The highest BCUT2D eigenvalue weighted by atomic mass is 32.2. The molecule has 0 aromatic heterocycles. The van der Waals surface area contributed by atoms with Crippen LogP contribution in [0.5, 0.6) is 5.75 Å². The van der Waals surface area contributed by atoms with Gasteiger partial charge in [0.15, 0.2) is 9.84 Å². The molecular weight excluding hydrogens is 262 g/mol. The van der Waals surface area contributed by atoms with Gasteiger partial charge >= 0.3 is 0 Å². The summed E-state index contributed by atoms with van der Waals surface area (Å²) in [5.41, 5.74) is 6.48. The number of benzene rings is 1. The highest BCUT2D eigenvalue weighted by molar-refractivity contribution is 7.91. The lowest BCUT2D eigenvalue weighted by molar-refractivity contribution is 0.337. The van der Waals surface area contributed by atoms with Crippen LogP contribution in [0.1, 0.15) is 25.8 Å². The summed E-state index contributed by atoms with van der Waals surface area (Å²) in [5, 5.41) is 0. The molecular formula is C14H23NO3S. The van der Waals surface area contributed by atoms with E-state index in [1.165, 1.54) is 0 Å². The van der Waals surface area contributed by atoms with E-state index in [0.717, 1.165) is 12.0 Å². The maximum absolute atomic E-state index is 11.8. The van der Waals surface area contributed by atoms with Crippen molar-refractivity contribution in [1.29, 1.82) is 0 Å². The van der Waals surface area contributed by atoms with Crippen molar-refractivity contribution in [2.24, 2.45) is 11.7 Å². The Hall–Kier alpha value is -1.07. The lowest BCUT2D eigenvalue weighted by Gasteiger charge is -2.12. The van der Waals surface area contributed by atoms with E-state index >= 15 is 0 Å². The van der Waals surface area contributed by atoms with Crippen molar-refractivity contribution >= 4 is 9.84 Å². The molecule has 0 aliphatic heterocycles. The first kappa shape index (κ1) is 16.0. The molecule has 19 heavy (non-hydrogen) atoms. The third-order valence-corrected chi connectivity index (χ3v) is 4.95. The Morgan fingerprint density at radius 3 is 2.63 bits per heavy atom. The zero-order valence-corrected chi connectivity index (χ0v) is 12.4. The molecule has 1 aromatic rings. The van der Waals surface area contributed by atoms with Gasteiger partial charge in [0.25, 0.3) is 0 Å². The summed E-state index contributed by atoms with van der Waals surface area (Å²) in [6.07, 6.45) is 0.871. The van der Waals surface area contributed by atoms with E-state index < -0.39 is 9.84 Å². The molecule has 1 atom stereocenters. The van der Waals surface area contributed by atoms with E-state index in [1.54, 1.807) is 0 Å². The van der Waals surface area contributed by atoms with Crippen LogP contribution in [0.25, 0.3) is 0 Å². The zero-order chi connectivity index (χ0) is 14.3. The quantitative estimate of drug-likeness (QED) is 0.793. The minimum absolute atomic E-state index is 0.0518. The van der Waals surface area contributed by atoms with Crippen LogP contribution in [-0.4, -0.2) is 26.5 Å². The molecule has 0 radical (unpaired) electrons. The molecule has 0 spiro atoms. The van der Waals surface area contributed by atoms with E-state index in [9.17, 15) is 8.42 Å². The van der Waals surface area contributed by atoms with Crippen LogP contribution in [-0.2, 0) is 16.4 Å². The minimum Gasteiger partial charge on any atom is -0.492 e. The molecule has 0 aliphatic rings. The predicted molar refractivity (Wildman–Crippen MR) is 77.9 cm³/mol. The topological polar surface area (TPSA) is 69.4 Å². The molecule has 0 aliphatic carbocycles. The van der Waals surface area contributed by atoms with Crippen molar-refractivity contribution in [3.8, 4) is 5.75 Å². The second-order valence-corrected chi connectivity index (χ2v) is 7.02. The Morgan fingerprint density at radius 1 is 1.32 bits per heavy atom. The lowest BCUT2D eigenvalue weighted by Crippen LogP contribution is -2.21. The Balaban J connectivity index is 2.50. The Kier molecular flexibility index (Phi) is 6.31. The molecule has 4 nitrogen and oxygen atoms in total. The standard InChI is InChI=1S/C14H23NO3S/c1-3-12(2)11-19(16,17)9-8-18-14-7-5-4-6-13(14)10-15/h4-7,12H,3,8-11,15H2,1-2H3. The van der Waals surface area contributed by atoms with Crippen molar-refractivity contribution in [1.82, 2.24) is 0 Å². The van der Waals surface area contributed by atoms with Crippen molar-refractivity contribution in [3.63, 3.8) is 0 Å². The fraction of sp³-hybridized carbons (Fsp3) is 0.571. The monoisotopic (exact) mass is 285 g/mol. The van der Waals surface area contributed by atoms with Crippen LogP contribution in [0, 0.1) is 5.92 Å². The molecule has 0 heterocycles. The second kappa shape index (κ2) is 7.50. The third-order valence-electron chi connectivity index (χ3n) is 3.08. The van der Waals surface area contributed by atoms with E-state index in [2.05, 4.69) is 0 Å². The van der Waals surface area contributed by atoms with Crippen LogP contribution in [0.15, 0.2) is 24.3 Å². The largest absolute Gasteiger partial charge is 0.492 e. The molecule has 0 bridgehead atoms. The van der Waals surface area contributed by atoms with E-state index in [1.807, 2.05) is 38.1 Å². The first-order valence-corrected chi connectivity index (χ1v) is 8.41. The molecule has 0 saturated carbocycles. The molecule has 2 N–H and O–H groups in total. The number of ether oxygens (including phenoxy) is 1. The summed E-state index contributed by atoms with van der Waals surface area (Å²) >= 11 is 0. The van der Waals surface area contributed by atoms with E-state index in [-0.39, 0.29) is 24.0 Å². The van der Waals surface area contributed by atoms with Gasteiger partial charge in [0.1, 0.15) is 12.4 Å². The second-order valence-electron chi connectivity index (χ2n) is 4.79. The molecule has 108 valence electrons. The number of nitrogens with two attached hydrogens (primary N) is 1. The molecule has 5 heteroatoms. The van der Waals surface area contributed by atoms with Gasteiger partial charge in [0.2, 0.25) is 0 Å². The molecule has 0 amide bonds. The lowest BCUT2D eigenvalue weighted by atomic mass is 10.2. The van der Waals surface area contributed by atoms with Gasteiger partial charge in [-0.1, -0.05) is 38.5 Å². The van der Waals surface area contributed by atoms with Crippen LogP contribution in [0.4, 0.5) is 0 Å². The first-order chi connectivity index (χ1) is 8.98. The summed E-state index contributed by atoms with van der Waals surface area (Å²) in [6.45, 7) is 4.50. The summed E-state index contributed by atoms with van der Waals surface area (Å²) in [5.74, 6) is 1.15. The van der Waals surface area contributed by atoms with Crippen molar-refractivity contribution in [2.45, 2.75) is 26.8 Å². The Bertz CT molecular complexity index is 485. The summed E-state index contributed by atoms with van der Waals surface area (Å²) in [6, 6.07) is 7.42. The van der Waals surface area contributed by atoms with Crippen LogP contribution < -0.4 is 10.5 Å². The number of hydrogen-bond acceptors (Lipinski definition) is 4. The maximum Gasteiger partial charge on any atom is 0.153 e. The molecule has 1 unspecified atom stereocenters. The average molecular weight is 285 g/mol. The van der Waals surface area contributed by atoms with E-state index in [4.69, 9.17) is 10.5 Å². The Morgan fingerprint density at radius 2 is 2.00 bits per heavy atom. The van der Waals surface area contributed by atoms with Gasteiger partial charge in [-0.25, -0.2) is 8.42 Å². The average Bonchev–Trinajstić information content (AvgIpc) is 2.38. The number of rotatable bonds is 8. The third kappa shape index (κ3) is 5.61.